The molecule has 0 aliphatic carbocycles. The zero-order valence-electron chi connectivity index (χ0n) is 15.2. The summed E-state index contributed by atoms with van der Waals surface area (Å²) < 4.78 is 1.82. The smallest absolute Gasteiger partial charge is 0.252 e. The van der Waals surface area contributed by atoms with E-state index in [1.54, 1.807) is 35.7 Å². The van der Waals surface area contributed by atoms with Crippen molar-refractivity contribution in [3.63, 3.8) is 0 Å². The fourth-order valence-corrected chi connectivity index (χ4v) is 3.74. The molecule has 0 aliphatic rings. The lowest BCUT2D eigenvalue weighted by molar-refractivity contribution is 0.0952. The van der Waals surface area contributed by atoms with Crippen LogP contribution in [0, 0.1) is 18.3 Å². The van der Waals surface area contributed by atoms with Crippen molar-refractivity contribution in [3.05, 3.63) is 81.3 Å². The fourth-order valence-electron chi connectivity index (χ4n) is 3.05. The van der Waals surface area contributed by atoms with Crippen molar-refractivity contribution in [2.45, 2.75) is 20.0 Å². The van der Waals surface area contributed by atoms with Crippen molar-refractivity contribution in [2.75, 3.05) is 0 Å². The number of benzene rings is 1. The molecule has 4 aromatic rings. The standard InChI is InChI=1S/C21H17N5OS/c1-14-8-18(21(27)23-11-16-5-2-4-15(9-16)10-22)19-12-24-26(20(19)25-14)13-17-6-3-7-28-17/h2-9,12H,11,13H2,1H3,(H,23,27). The van der Waals surface area contributed by atoms with Crippen molar-refractivity contribution in [3.8, 4) is 6.07 Å². The van der Waals surface area contributed by atoms with Gasteiger partial charge in [-0.3, -0.25) is 4.79 Å². The molecule has 6 nitrogen and oxygen atoms in total. The Morgan fingerprint density at radius 2 is 2.18 bits per heavy atom. The molecule has 0 fully saturated rings. The molecule has 7 heteroatoms. The number of nitrogens with zero attached hydrogens (tertiary/aromatic N) is 4. The van der Waals surface area contributed by atoms with Crippen LogP contribution in [0.15, 0.2) is 54.0 Å². The molecule has 0 bridgehead atoms. The molecule has 0 aliphatic heterocycles. The normalized spacial score (nSPS) is 10.7. The number of hydrogen-bond donors (Lipinski definition) is 1. The number of carbonyl (C=O) groups is 1. The van der Waals surface area contributed by atoms with Gasteiger partial charge in [0.15, 0.2) is 5.65 Å². The van der Waals surface area contributed by atoms with E-state index in [0.29, 0.717) is 29.9 Å². The van der Waals surface area contributed by atoms with Gasteiger partial charge < -0.3 is 5.32 Å². The lowest BCUT2D eigenvalue weighted by atomic mass is 10.1. The monoisotopic (exact) mass is 387 g/mol. The Labute approximate surface area is 166 Å². The lowest BCUT2D eigenvalue weighted by Crippen LogP contribution is -2.23. The van der Waals surface area contributed by atoms with E-state index < -0.39 is 0 Å². The molecule has 0 atom stereocenters. The third-order valence-electron chi connectivity index (χ3n) is 4.38. The van der Waals surface area contributed by atoms with E-state index in [9.17, 15) is 4.79 Å². The second-order valence-electron chi connectivity index (χ2n) is 6.42. The number of nitriles is 1. The van der Waals surface area contributed by atoms with Crippen molar-refractivity contribution in [1.82, 2.24) is 20.1 Å². The van der Waals surface area contributed by atoms with E-state index in [1.807, 2.05) is 35.2 Å². The number of carbonyl (C=O) groups excluding carboxylic acids is 1. The number of pyridine rings is 1. The van der Waals surface area contributed by atoms with E-state index in [1.165, 1.54) is 4.88 Å². The second-order valence-corrected chi connectivity index (χ2v) is 7.46. The minimum atomic E-state index is -0.187. The Morgan fingerprint density at radius 1 is 1.29 bits per heavy atom. The molecular formula is C21H17N5OS. The molecule has 3 heterocycles. The molecule has 1 N–H and O–H groups in total. The topological polar surface area (TPSA) is 83.6 Å². The Morgan fingerprint density at radius 3 is 2.96 bits per heavy atom. The van der Waals surface area contributed by atoms with Crippen LogP contribution in [0.5, 0.6) is 0 Å². The average Bonchev–Trinajstić information content (AvgIpc) is 3.36. The summed E-state index contributed by atoms with van der Waals surface area (Å²) in [5, 5.41) is 19.1. The molecular weight excluding hydrogens is 370 g/mol. The summed E-state index contributed by atoms with van der Waals surface area (Å²) in [5.74, 6) is -0.187. The van der Waals surface area contributed by atoms with Gasteiger partial charge >= 0.3 is 0 Å². The number of aromatic nitrogens is 3. The first-order chi connectivity index (χ1) is 13.6. The molecule has 0 radical (unpaired) electrons. The Balaban J connectivity index is 1.60. The van der Waals surface area contributed by atoms with Gasteiger partial charge in [0.05, 0.1) is 35.3 Å². The number of amides is 1. The predicted octanol–water partition coefficient (Wildman–Crippen LogP) is 3.65. The highest BCUT2D eigenvalue weighted by atomic mass is 32.1. The summed E-state index contributed by atoms with van der Waals surface area (Å²) in [7, 11) is 0. The van der Waals surface area contributed by atoms with Crippen LogP contribution in [-0.2, 0) is 13.1 Å². The summed E-state index contributed by atoms with van der Waals surface area (Å²) in [6, 6.07) is 15.1. The van der Waals surface area contributed by atoms with Crippen molar-refractivity contribution >= 4 is 28.3 Å². The van der Waals surface area contributed by atoms with Crippen LogP contribution in [0.3, 0.4) is 0 Å². The third-order valence-corrected chi connectivity index (χ3v) is 5.24. The van der Waals surface area contributed by atoms with Crippen LogP contribution in [0.4, 0.5) is 0 Å². The van der Waals surface area contributed by atoms with E-state index in [2.05, 4.69) is 27.5 Å². The van der Waals surface area contributed by atoms with Gasteiger partial charge in [0.1, 0.15) is 0 Å². The molecule has 0 saturated heterocycles. The van der Waals surface area contributed by atoms with Crippen LogP contribution >= 0.6 is 11.3 Å². The minimum Gasteiger partial charge on any atom is -0.348 e. The van der Waals surface area contributed by atoms with Gasteiger partial charge in [-0.2, -0.15) is 10.4 Å². The molecule has 0 saturated carbocycles. The molecule has 0 unspecified atom stereocenters. The predicted molar refractivity (Wildman–Crippen MR) is 108 cm³/mol. The van der Waals surface area contributed by atoms with E-state index in [4.69, 9.17) is 5.26 Å². The number of nitrogens with one attached hydrogen (secondary N) is 1. The number of hydrogen-bond acceptors (Lipinski definition) is 5. The Kier molecular flexibility index (Phi) is 4.87. The number of fused-ring (bicyclic) bond motifs is 1. The van der Waals surface area contributed by atoms with Gasteiger partial charge in [-0.1, -0.05) is 18.2 Å². The van der Waals surface area contributed by atoms with Crippen LogP contribution in [0.25, 0.3) is 11.0 Å². The highest BCUT2D eigenvalue weighted by Crippen LogP contribution is 2.20. The summed E-state index contributed by atoms with van der Waals surface area (Å²) >= 11 is 1.66. The zero-order chi connectivity index (χ0) is 19.5. The van der Waals surface area contributed by atoms with Crippen molar-refractivity contribution in [1.29, 1.82) is 5.26 Å². The van der Waals surface area contributed by atoms with Crippen LogP contribution in [0.2, 0.25) is 0 Å². The zero-order valence-corrected chi connectivity index (χ0v) is 16.0. The van der Waals surface area contributed by atoms with E-state index >= 15 is 0 Å². The average molecular weight is 387 g/mol. The summed E-state index contributed by atoms with van der Waals surface area (Å²) in [6.07, 6.45) is 1.70. The largest absolute Gasteiger partial charge is 0.348 e. The van der Waals surface area contributed by atoms with Gasteiger partial charge in [0.25, 0.3) is 5.91 Å². The molecule has 4 rings (SSSR count). The Hall–Kier alpha value is -3.50. The number of rotatable bonds is 5. The first kappa shape index (κ1) is 17.9. The van der Waals surface area contributed by atoms with Crippen LogP contribution in [0.1, 0.15) is 32.1 Å². The first-order valence-electron chi connectivity index (χ1n) is 8.77. The molecule has 3 aromatic heterocycles. The van der Waals surface area contributed by atoms with Gasteiger partial charge in [0.2, 0.25) is 0 Å². The molecule has 1 amide bonds. The second kappa shape index (κ2) is 7.62. The van der Waals surface area contributed by atoms with Gasteiger partial charge in [-0.05, 0) is 42.1 Å². The molecule has 1 aromatic carbocycles. The van der Waals surface area contributed by atoms with E-state index in [0.717, 1.165) is 16.6 Å². The molecule has 0 spiro atoms. The summed E-state index contributed by atoms with van der Waals surface area (Å²) in [5.41, 5.74) is 3.46. The van der Waals surface area contributed by atoms with Crippen LogP contribution < -0.4 is 5.32 Å². The van der Waals surface area contributed by atoms with Crippen molar-refractivity contribution < 1.29 is 4.79 Å². The number of aryl methyl sites for hydroxylation is 1. The first-order valence-corrected chi connectivity index (χ1v) is 9.65. The van der Waals surface area contributed by atoms with Gasteiger partial charge in [-0.15, -0.1) is 11.3 Å². The van der Waals surface area contributed by atoms with Crippen molar-refractivity contribution in [2.24, 2.45) is 0 Å². The quantitative estimate of drug-likeness (QED) is 0.566. The molecule has 138 valence electrons. The maximum atomic E-state index is 12.8. The summed E-state index contributed by atoms with van der Waals surface area (Å²) in [6.45, 7) is 2.84. The van der Waals surface area contributed by atoms with E-state index in [-0.39, 0.29) is 5.91 Å². The maximum absolute atomic E-state index is 12.8. The Bertz CT molecular complexity index is 1190. The number of thiophene rings is 1. The minimum absolute atomic E-state index is 0.187. The van der Waals surface area contributed by atoms with Gasteiger partial charge in [0, 0.05) is 17.1 Å². The van der Waals surface area contributed by atoms with Crippen LogP contribution in [-0.4, -0.2) is 20.7 Å². The third kappa shape index (κ3) is 3.63. The summed E-state index contributed by atoms with van der Waals surface area (Å²) in [4.78, 5) is 18.6. The highest BCUT2D eigenvalue weighted by molar-refractivity contribution is 7.09. The lowest BCUT2D eigenvalue weighted by Gasteiger charge is -2.08. The molecule has 28 heavy (non-hydrogen) atoms. The maximum Gasteiger partial charge on any atom is 0.252 e. The fraction of sp³-hybridized carbons (Fsp3) is 0.143. The highest BCUT2D eigenvalue weighted by Gasteiger charge is 2.16. The SMILES string of the molecule is Cc1cc(C(=O)NCc2cccc(C#N)c2)c2cnn(Cc3cccs3)c2n1. The van der Waals surface area contributed by atoms with Gasteiger partial charge in [-0.25, -0.2) is 9.67 Å².